The topological polar surface area (TPSA) is 0 Å². The predicted molar refractivity (Wildman–Crippen MR) is 44.1 cm³/mol. The third-order valence-corrected chi connectivity index (χ3v) is 0. The van der Waals surface area contributed by atoms with E-state index in [2.05, 4.69) is 0 Å². The molecule has 0 aliphatic rings. The molecule has 0 saturated heterocycles. The fourth-order valence-electron chi connectivity index (χ4n) is 0. The van der Waals surface area contributed by atoms with Crippen molar-refractivity contribution in [3.05, 3.63) is 0 Å². The van der Waals surface area contributed by atoms with Gasteiger partial charge < -0.3 is 0 Å². The second-order valence-electron chi connectivity index (χ2n) is 0.831. The van der Waals surface area contributed by atoms with Gasteiger partial charge in [0, 0.05) is 0 Å². The van der Waals surface area contributed by atoms with Gasteiger partial charge in [-0.2, -0.15) is 0 Å². The van der Waals surface area contributed by atoms with Crippen LogP contribution in [0.3, 0.4) is 0 Å². The van der Waals surface area contributed by atoms with E-state index in [1.165, 1.54) is 0 Å². The molecule has 0 heterocycles. The van der Waals surface area contributed by atoms with Crippen molar-refractivity contribution >= 4 is 77.8 Å². The Morgan fingerprint density at radius 3 is 0.800 bits per heavy atom. The third kappa shape index (κ3) is 128. The second kappa shape index (κ2) is 5.57. The molecule has 66 valence electrons. The van der Waals surface area contributed by atoms with E-state index in [0.717, 1.165) is 0 Å². The SMILES string of the molecule is [Cl][Sb]([Cl])([Cl])([Cl])[Cl].[F][Sb]([F])[F]. The summed E-state index contributed by atoms with van der Waals surface area (Å²) in [6.45, 7) is 0. The summed E-state index contributed by atoms with van der Waals surface area (Å²) < 4.78 is 29.6. The van der Waals surface area contributed by atoms with Gasteiger partial charge in [-0.05, 0) is 0 Å². The maximum atomic E-state index is 9.85. The van der Waals surface area contributed by atoms with E-state index in [1.54, 1.807) is 0 Å². The molecular weight excluding hydrogens is 478 g/mol. The van der Waals surface area contributed by atoms with Gasteiger partial charge in [0.05, 0.1) is 0 Å². The van der Waals surface area contributed by atoms with Gasteiger partial charge >= 0.3 is 86.2 Å². The van der Waals surface area contributed by atoms with E-state index in [4.69, 9.17) is 44.1 Å². The summed E-state index contributed by atoms with van der Waals surface area (Å²) >= 11 is -9.28. The van der Waals surface area contributed by atoms with E-state index in [-0.39, 0.29) is 0 Å². The van der Waals surface area contributed by atoms with Crippen LogP contribution in [0.2, 0.25) is 0 Å². The standard InChI is InChI=1S/5ClH.3FH.2Sb/h8*1H;;/q;;;;;;;;+3;+5/p-8. The third-order valence-electron chi connectivity index (χ3n) is 0. The van der Waals surface area contributed by atoms with Crippen LogP contribution >= 0.6 is 44.1 Å². The fourth-order valence-corrected chi connectivity index (χ4v) is 0. The van der Waals surface area contributed by atoms with Crippen LogP contribution in [0.15, 0.2) is 0 Å². The van der Waals surface area contributed by atoms with Crippen molar-refractivity contribution in [2.45, 2.75) is 0 Å². The van der Waals surface area contributed by atoms with Crippen molar-refractivity contribution in [3.63, 3.8) is 0 Å². The van der Waals surface area contributed by atoms with E-state index >= 15 is 0 Å². The molecule has 0 N–H and O–H groups in total. The normalized spacial score (nSPS) is 15.1. The van der Waals surface area contributed by atoms with E-state index in [1.807, 2.05) is 0 Å². The van der Waals surface area contributed by atoms with Crippen LogP contribution in [0.5, 0.6) is 0 Å². The van der Waals surface area contributed by atoms with Gasteiger partial charge in [0.25, 0.3) is 0 Å². The zero-order chi connectivity index (χ0) is 9.02. The maximum absolute atomic E-state index is 9.85. The van der Waals surface area contributed by atoms with Crippen molar-refractivity contribution in [1.82, 2.24) is 0 Å². The van der Waals surface area contributed by atoms with Crippen LogP contribution in [0.25, 0.3) is 0 Å². The van der Waals surface area contributed by atoms with Gasteiger partial charge in [-0.15, -0.1) is 0 Å². The Hall–Kier alpha value is 2.88. The number of rotatable bonds is 0. The summed E-state index contributed by atoms with van der Waals surface area (Å²) in [4.78, 5) is 0. The minimum absolute atomic E-state index is 4.33. The summed E-state index contributed by atoms with van der Waals surface area (Å²) in [6.07, 6.45) is 0. The van der Waals surface area contributed by atoms with E-state index < -0.39 is 33.6 Å². The molecular formula is Cl5F3Sb2. The number of halogens is 8. The molecule has 10 heavy (non-hydrogen) atoms. The number of hydrogen-bond donors (Lipinski definition) is 0. The average molecular weight is 478 g/mol. The molecule has 0 atom stereocenters. The molecule has 0 aromatic rings. The molecule has 0 bridgehead atoms. The van der Waals surface area contributed by atoms with Crippen molar-refractivity contribution in [2.75, 3.05) is 0 Å². The summed E-state index contributed by atoms with van der Waals surface area (Å²) in [6, 6.07) is 0. The zero-order valence-electron chi connectivity index (χ0n) is 3.92. The molecule has 0 aliphatic heterocycles. The molecule has 0 radical (unpaired) electrons. The van der Waals surface area contributed by atoms with Gasteiger partial charge in [-0.25, -0.2) is 0 Å². The molecule has 0 nitrogen and oxygen atoms in total. The van der Waals surface area contributed by atoms with Crippen LogP contribution in [0, 0.1) is 0 Å². The van der Waals surface area contributed by atoms with Crippen LogP contribution < -0.4 is 0 Å². The van der Waals surface area contributed by atoms with Gasteiger partial charge in [-0.3, -0.25) is 0 Å². The first-order valence-electron chi connectivity index (χ1n) is 1.35. The summed E-state index contributed by atoms with van der Waals surface area (Å²) in [5.41, 5.74) is 0. The molecule has 0 saturated carbocycles. The molecule has 0 amide bonds. The fraction of sp³-hybridized carbons (Fsp3) is 0. The Balaban J connectivity index is 0. The van der Waals surface area contributed by atoms with Gasteiger partial charge in [0.1, 0.15) is 0 Å². The summed E-state index contributed by atoms with van der Waals surface area (Å²) in [5, 5.41) is 0. The van der Waals surface area contributed by atoms with Crippen molar-refractivity contribution in [3.8, 4) is 0 Å². The quantitative estimate of drug-likeness (QED) is 0.464. The number of hydrogen-bond acceptors (Lipinski definition) is 0. The summed E-state index contributed by atoms with van der Waals surface area (Å²) in [7, 11) is 25.2. The Bertz CT molecular complexity index is 73.1. The van der Waals surface area contributed by atoms with Crippen molar-refractivity contribution in [2.24, 2.45) is 0 Å². The predicted octanol–water partition coefficient (Wildman–Crippen LogP) is 3.95. The first-order valence-corrected chi connectivity index (χ1v) is 20.4. The molecule has 0 spiro atoms. The average Bonchev–Trinajstić information content (AvgIpc) is 1.14. The van der Waals surface area contributed by atoms with Gasteiger partial charge in [0.15, 0.2) is 0 Å². The van der Waals surface area contributed by atoms with E-state index in [0.29, 0.717) is 0 Å². The Labute approximate surface area is 84.7 Å². The van der Waals surface area contributed by atoms with Crippen LogP contribution in [0.4, 0.5) is 8.44 Å². The summed E-state index contributed by atoms with van der Waals surface area (Å²) in [5.74, 6) is 0. The minimum atomic E-state index is -4.95. The van der Waals surface area contributed by atoms with Gasteiger partial charge in [0.2, 0.25) is 0 Å². The molecule has 0 fully saturated rings. The first-order chi connectivity index (χ1) is 3.97. The molecule has 0 rings (SSSR count). The molecule has 0 aliphatic carbocycles. The Kier molecular flexibility index (Phi) is 8.56. The molecule has 0 aromatic carbocycles. The zero-order valence-corrected chi connectivity index (χ0v) is 12.8. The second-order valence-corrected chi connectivity index (χ2v) is 39.9. The molecule has 10 heteroatoms. The van der Waals surface area contributed by atoms with Crippen LogP contribution in [-0.4, -0.2) is 33.6 Å². The molecule has 0 aromatic heterocycles. The van der Waals surface area contributed by atoms with Crippen molar-refractivity contribution < 1.29 is 8.44 Å². The van der Waals surface area contributed by atoms with Gasteiger partial charge in [-0.1, -0.05) is 0 Å². The Morgan fingerprint density at radius 1 is 0.800 bits per heavy atom. The van der Waals surface area contributed by atoms with E-state index in [9.17, 15) is 8.44 Å². The van der Waals surface area contributed by atoms with Crippen LogP contribution in [0.1, 0.15) is 0 Å². The first kappa shape index (κ1) is 15.4. The molecule has 0 unspecified atom stereocenters. The monoisotopic (exact) mass is 474 g/mol. The van der Waals surface area contributed by atoms with Crippen molar-refractivity contribution in [1.29, 1.82) is 0 Å². The van der Waals surface area contributed by atoms with Crippen LogP contribution in [-0.2, 0) is 0 Å². The Morgan fingerprint density at radius 2 is 0.800 bits per heavy atom.